The van der Waals surface area contributed by atoms with Crippen LogP contribution in [-0.4, -0.2) is 18.1 Å². The lowest BCUT2D eigenvalue weighted by Crippen LogP contribution is -2.03. The van der Waals surface area contributed by atoms with Gasteiger partial charge in [-0.15, -0.1) is 0 Å². The average molecular weight is 250 g/mol. The molecule has 0 unspecified atom stereocenters. The van der Waals surface area contributed by atoms with Crippen molar-refractivity contribution in [3.05, 3.63) is 40.0 Å². The van der Waals surface area contributed by atoms with Gasteiger partial charge in [-0.2, -0.15) is 0 Å². The van der Waals surface area contributed by atoms with Gasteiger partial charge in [0, 0.05) is 11.6 Å². The van der Waals surface area contributed by atoms with Gasteiger partial charge >= 0.3 is 5.97 Å². The highest BCUT2D eigenvalue weighted by atomic mass is 35.5. The lowest BCUT2D eigenvalue weighted by Gasteiger charge is -2.08. The minimum absolute atomic E-state index is 0.298. The lowest BCUT2D eigenvalue weighted by atomic mass is 10.1. The zero-order valence-electron chi connectivity index (χ0n) is 9.87. The molecule has 1 aromatic carbocycles. The third-order valence-electron chi connectivity index (χ3n) is 2.65. The number of nitrogens with zero attached hydrogens (tertiary/aromatic N) is 1. The topological polar surface area (TPSA) is 39.2 Å². The fraction of sp³-hybridized carbons (Fsp3) is 0.231. The van der Waals surface area contributed by atoms with Crippen molar-refractivity contribution in [3.63, 3.8) is 0 Å². The third kappa shape index (κ3) is 1.98. The zero-order chi connectivity index (χ0) is 12.6. The number of halogens is 1. The Morgan fingerprint density at radius 2 is 2.06 bits per heavy atom. The van der Waals surface area contributed by atoms with Crippen molar-refractivity contribution >= 4 is 28.5 Å². The number of rotatable bonds is 1. The number of benzene rings is 1. The Balaban J connectivity index is 2.79. The highest BCUT2D eigenvalue weighted by Crippen LogP contribution is 2.28. The SMILES string of the molecule is COC(=O)c1cnc2c(C)cc(C)cc2c1Cl. The molecule has 0 spiro atoms. The number of ether oxygens (including phenoxy) is 1. The van der Waals surface area contributed by atoms with E-state index in [0.29, 0.717) is 10.6 Å². The van der Waals surface area contributed by atoms with E-state index in [9.17, 15) is 4.79 Å². The van der Waals surface area contributed by atoms with Crippen molar-refractivity contribution in [2.75, 3.05) is 7.11 Å². The molecule has 88 valence electrons. The first kappa shape index (κ1) is 11.9. The maximum Gasteiger partial charge on any atom is 0.340 e. The summed E-state index contributed by atoms with van der Waals surface area (Å²) in [7, 11) is 1.32. The first-order valence-corrected chi connectivity index (χ1v) is 5.56. The van der Waals surface area contributed by atoms with Crippen molar-refractivity contribution in [1.29, 1.82) is 0 Å². The van der Waals surface area contributed by atoms with Crippen LogP contribution in [0, 0.1) is 13.8 Å². The predicted octanol–water partition coefficient (Wildman–Crippen LogP) is 3.29. The number of methoxy groups -OCH3 is 1. The van der Waals surface area contributed by atoms with Gasteiger partial charge in [-0.25, -0.2) is 4.79 Å². The molecular weight excluding hydrogens is 238 g/mol. The second kappa shape index (κ2) is 4.34. The number of hydrogen-bond donors (Lipinski definition) is 0. The number of aryl methyl sites for hydroxylation is 2. The van der Waals surface area contributed by atoms with E-state index in [2.05, 4.69) is 9.72 Å². The lowest BCUT2D eigenvalue weighted by molar-refractivity contribution is 0.0600. The molecule has 3 nitrogen and oxygen atoms in total. The Morgan fingerprint density at radius 1 is 1.35 bits per heavy atom. The number of carbonyl (C=O) groups is 1. The summed E-state index contributed by atoms with van der Waals surface area (Å²) >= 11 is 6.22. The molecule has 4 heteroatoms. The fourth-order valence-corrected chi connectivity index (χ4v) is 2.15. The molecule has 0 amide bonds. The summed E-state index contributed by atoms with van der Waals surface area (Å²) in [5, 5.41) is 1.18. The monoisotopic (exact) mass is 249 g/mol. The minimum Gasteiger partial charge on any atom is -0.465 e. The number of aromatic nitrogens is 1. The van der Waals surface area contributed by atoms with Gasteiger partial charge in [0.1, 0.15) is 0 Å². The molecule has 0 saturated heterocycles. The maximum atomic E-state index is 11.5. The third-order valence-corrected chi connectivity index (χ3v) is 3.05. The average Bonchev–Trinajstić information content (AvgIpc) is 2.29. The maximum absolute atomic E-state index is 11.5. The summed E-state index contributed by atoms with van der Waals surface area (Å²) < 4.78 is 4.66. The van der Waals surface area contributed by atoms with Crippen LogP contribution in [0.2, 0.25) is 5.02 Å². The Morgan fingerprint density at radius 3 is 2.71 bits per heavy atom. The quantitative estimate of drug-likeness (QED) is 0.728. The van der Waals surface area contributed by atoms with Crippen LogP contribution in [0.1, 0.15) is 21.5 Å². The van der Waals surface area contributed by atoms with Crippen LogP contribution >= 0.6 is 11.6 Å². The summed E-state index contributed by atoms with van der Waals surface area (Å²) in [5.74, 6) is -0.469. The summed E-state index contributed by atoms with van der Waals surface area (Å²) in [5.41, 5.74) is 3.24. The molecule has 0 aliphatic heterocycles. The zero-order valence-corrected chi connectivity index (χ0v) is 10.6. The highest BCUT2D eigenvalue weighted by Gasteiger charge is 2.15. The molecule has 2 aromatic rings. The van der Waals surface area contributed by atoms with Gasteiger partial charge < -0.3 is 4.74 Å². The molecule has 1 heterocycles. The van der Waals surface area contributed by atoms with E-state index in [1.165, 1.54) is 13.3 Å². The van der Waals surface area contributed by atoms with Crippen molar-refractivity contribution in [3.8, 4) is 0 Å². The van der Waals surface area contributed by atoms with Gasteiger partial charge in [0.05, 0.1) is 23.2 Å². The van der Waals surface area contributed by atoms with Crippen molar-refractivity contribution in [2.24, 2.45) is 0 Å². The molecule has 0 radical (unpaired) electrons. The van der Waals surface area contributed by atoms with Crippen LogP contribution in [0.4, 0.5) is 0 Å². The van der Waals surface area contributed by atoms with Crippen molar-refractivity contribution in [1.82, 2.24) is 4.98 Å². The van der Waals surface area contributed by atoms with Gasteiger partial charge in [-0.05, 0) is 25.5 Å². The van der Waals surface area contributed by atoms with E-state index in [1.54, 1.807) is 0 Å². The number of pyridine rings is 1. The molecule has 1 aromatic heterocycles. The normalized spacial score (nSPS) is 10.6. The van der Waals surface area contributed by atoms with Crippen LogP contribution < -0.4 is 0 Å². The summed E-state index contributed by atoms with van der Waals surface area (Å²) in [4.78, 5) is 15.8. The largest absolute Gasteiger partial charge is 0.465 e. The molecule has 17 heavy (non-hydrogen) atoms. The van der Waals surface area contributed by atoms with E-state index < -0.39 is 5.97 Å². The van der Waals surface area contributed by atoms with Crippen molar-refractivity contribution in [2.45, 2.75) is 13.8 Å². The standard InChI is InChI=1S/C13H12ClNO2/c1-7-4-8(2)12-9(5-7)11(14)10(6-15-12)13(16)17-3/h4-6H,1-3H3. The van der Waals surface area contributed by atoms with E-state index in [4.69, 9.17) is 11.6 Å². The first-order chi connectivity index (χ1) is 8.04. The van der Waals surface area contributed by atoms with Crippen LogP contribution in [0.25, 0.3) is 10.9 Å². The fourth-order valence-electron chi connectivity index (χ4n) is 1.88. The molecule has 0 aliphatic rings. The molecule has 2 rings (SSSR count). The van der Waals surface area contributed by atoms with Gasteiger partial charge in [0.15, 0.2) is 0 Å². The number of fused-ring (bicyclic) bond motifs is 1. The first-order valence-electron chi connectivity index (χ1n) is 5.18. The Labute approximate surface area is 104 Å². The van der Waals surface area contributed by atoms with Crippen LogP contribution in [0.3, 0.4) is 0 Å². The number of hydrogen-bond acceptors (Lipinski definition) is 3. The molecule has 0 N–H and O–H groups in total. The van der Waals surface area contributed by atoms with Crippen LogP contribution in [0.5, 0.6) is 0 Å². The van der Waals surface area contributed by atoms with E-state index >= 15 is 0 Å². The van der Waals surface area contributed by atoms with E-state index in [1.807, 2.05) is 26.0 Å². The Hall–Kier alpha value is -1.61. The Kier molecular flexibility index (Phi) is 3.03. The minimum atomic E-state index is -0.469. The van der Waals surface area contributed by atoms with Gasteiger partial charge in [-0.1, -0.05) is 23.2 Å². The van der Waals surface area contributed by atoms with Crippen LogP contribution in [0.15, 0.2) is 18.3 Å². The summed E-state index contributed by atoms with van der Waals surface area (Å²) in [6.07, 6.45) is 1.46. The molecule has 0 fully saturated rings. The summed E-state index contributed by atoms with van der Waals surface area (Å²) in [6.45, 7) is 3.95. The molecule has 0 bridgehead atoms. The van der Waals surface area contributed by atoms with Gasteiger partial charge in [-0.3, -0.25) is 4.98 Å². The number of esters is 1. The smallest absolute Gasteiger partial charge is 0.340 e. The Bertz CT molecular complexity index is 608. The van der Waals surface area contributed by atoms with Crippen LogP contribution in [-0.2, 0) is 4.74 Å². The van der Waals surface area contributed by atoms with E-state index in [0.717, 1.165) is 22.0 Å². The number of carbonyl (C=O) groups excluding carboxylic acids is 1. The van der Waals surface area contributed by atoms with Gasteiger partial charge in [0.25, 0.3) is 0 Å². The summed E-state index contributed by atoms with van der Waals surface area (Å²) in [6, 6.07) is 3.95. The molecule has 0 atom stereocenters. The predicted molar refractivity (Wildman–Crippen MR) is 67.6 cm³/mol. The molecular formula is C13H12ClNO2. The highest BCUT2D eigenvalue weighted by molar-refractivity contribution is 6.38. The van der Waals surface area contributed by atoms with E-state index in [-0.39, 0.29) is 0 Å². The second-order valence-electron chi connectivity index (χ2n) is 3.96. The molecule has 0 saturated carbocycles. The second-order valence-corrected chi connectivity index (χ2v) is 4.33. The molecule has 0 aliphatic carbocycles. The van der Waals surface area contributed by atoms with Crippen molar-refractivity contribution < 1.29 is 9.53 Å². The van der Waals surface area contributed by atoms with Gasteiger partial charge in [0.2, 0.25) is 0 Å².